The van der Waals surface area contributed by atoms with Crippen molar-refractivity contribution in [2.75, 3.05) is 29.9 Å². The minimum absolute atomic E-state index is 0.968. The van der Waals surface area contributed by atoms with E-state index in [1.54, 1.807) is 0 Å². The Bertz CT molecular complexity index is 553. The molecule has 0 saturated carbocycles. The molecule has 142 valence electrons. The van der Waals surface area contributed by atoms with Crippen LogP contribution in [-0.4, -0.2) is 19.6 Å². The lowest BCUT2D eigenvalue weighted by atomic mass is 10.1. The van der Waals surface area contributed by atoms with Crippen molar-refractivity contribution in [2.45, 2.75) is 58.3 Å². The molecule has 0 heterocycles. The molecule has 0 aromatic heterocycles. The second-order valence-electron chi connectivity index (χ2n) is 7.09. The Kier molecular flexibility index (Phi) is 10.4. The maximum Gasteiger partial charge on any atom is 0.0366 e. The van der Waals surface area contributed by atoms with E-state index < -0.39 is 0 Å². The molecule has 0 unspecified atom stereocenters. The summed E-state index contributed by atoms with van der Waals surface area (Å²) in [5.41, 5.74) is 2.54. The fourth-order valence-corrected chi connectivity index (χ4v) is 3.34. The van der Waals surface area contributed by atoms with Crippen LogP contribution in [0.2, 0.25) is 0 Å². The highest BCUT2D eigenvalue weighted by molar-refractivity contribution is 5.47. The molecule has 2 rings (SSSR count). The second kappa shape index (κ2) is 13.3. The largest absolute Gasteiger partial charge is 0.383 e. The molecule has 0 bridgehead atoms. The standard InChI is InChI=1S/C24H36N2/c1-2-3-4-5-6-7-8-15-21-26(24-18-13-10-14-19-24)22-20-25-23-16-11-9-12-17-23/h9-14,16-19,25H,2-8,15,20-22H2,1H3. The molecule has 1 N–H and O–H groups in total. The van der Waals surface area contributed by atoms with E-state index in [9.17, 15) is 0 Å². The van der Waals surface area contributed by atoms with E-state index >= 15 is 0 Å². The number of hydrogen-bond acceptors (Lipinski definition) is 2. The summed E-state index contributed by atoms with van der Waals surface area (Å²) in [6.45, 7) is 5.44. The molecule has 0 aliphatic heterocycles. The summed E-state index contributed by atoms with van der Waals surface area (Å²) in [5.74, 6) is 0. The Morgan fingerprint density at radius 3 is 1.88 bits per heavy atom. The Morgan fingerprint density at radius 1 is 0.654 bits per heavy atom. The van der Waals surface area contributed by atoms with E-state index in [0.29, 0.717) is 0 Å². The molecule has 2 nitrogen and oxygen atoms in total. The lowest BCUT2D eigenvalue weighted by Gasteiger charge is -2.25. The van der Waals surface area contributed by atoms with E-state index in [-0.39, 0.29) is 0 Å². The molecular weight excluding hydrogens is 316 g/mol. The van der Waals surface area contributed by atoms with Gasteiger partial charge in [0.15, 0.2) is 0 Å². The molecule has 0 atom stereocenters. The van der Waals surface area contributed by atoms with Gasteiger partial charge in [0.25, 0.3) is 0 Å². The summed E-state index contributed by atoms with van der Waals surface area (Å²) in [5, 5.41) is 3.53. The molecule has 2 aromatic carbocycles. The normalized spacial score (nSPS) is 10.7. The zero-order valence-corrected chi connectivity index (χ0v) is 16.5. The van der Waals surface area contributed by atoms with Gasteiger partial charge in [-0.2, -0.15) is 0 Å². The summed E-state index contributed by atoms with van der Waals surface area (Å²) < 4.78 is 0. The molecular formula is C24H36N2. The number of nitrogens with zero attached hydrogens (tertiary/aromatic N) is 1. The molecule has 0 amide bonds. The van der Waals surface area contributed by atoms with Gasteiger partial charge in [-0.15, -0.1) is 0 Å². The summed E-state index contributed by atoms with van der Waals surface area (Å²) in [6.07, 6.45) is 11.0. The third-order valence-corrected chi connectivity index (χ3v) is 4.89. The lowest BCUT2D eigenvalue weighted by molar-refractivity contribution is 0.572. The van der Waals surface area contributed by atoms with E-state index in [0.717, 1.165) is 19.6 Å². The van der Waals surface area contributed by atoms with Crippen LogP contribution in [0.4, 0.5) is 11.4 Å². The van der Waals surface area contributed by atoms with Crippen LogP contribution in [0, 0.1) is 0 Å². The van der Waals surface area contributed by atoms with Crippen LogP contribution in [0.25, 0.3) is 0 Å². The molecule has 2 aromatic rings. The van der Waals surface area contributed by atoms with Gasteiger partial charge >= 0.3 is 0 Å². The molecule has 0 saturated heterocycles. The first-order chi connectivity index (χ1) is 12.9. The number of benzene rings is 2. The number of unbranched alkanes of at least 4 members (excludes halogenated alkanes) is 7. The van der Waals surface area contributed by atoms with Crippen molar-refractivity contribution >= 4 is 11.4 Å². The topological polar surface area (TPSA) is 15.3 Å². The van der Waals surface area contributed by atoms with E-state index in [1.807, 2.05) is 0 Å². The Morgan fingerprint density at radius 2 is 1.23 bits per heavy atom. The van der Waals surface area contributed by atoms with Crippen molar-refractivity contribution in [3.63, 3.8) is 0 Å². The second-order valence-corrected chi connectivity index (χ2v) is 7.09. The molecule has 0 radical (unpaired) electrons. The Hall–Kier alpha value is -1.96. The van der Waals surface area contributed by atoms with Gasteiger partial charge in [0.05, 0.1) is 0 Å². The SMILES string of the molecule is CCCCCCCCCCN(CCNc1ccccc1)c1ccccc1. The highest BCUT2D eigenvalue weighted by Gasteiger charge is 2.05. The minimum atomic E-state index is 0.968. The zero-order valence-electron chi connectivity index (χ0n) is 16.5. The van der Waals surface area contributed by atoms with Crippen LogP contribution in [-0.2, 0) is 0 Å². The van der Waals surface area contributed by atoms with Gasteiger partial charge in [-0.05, 0) is 30.7 Å². The van der Waals surface area contributed by atoms with Gasteiger partial charge in [-0.3, -0.25) is 0 Å². The summed E-state index contributed by atoms with van der Waals surface area (Å²) in [7, 11) is 0. The van der Waals surface area contributed by atoms with Gasteiger partial charge in [0, 0.05) is 31.0 Å². The quantitative estimate of drug-likeness (QED) is 0.378. The number of para-hydroxylation sites is 2. The summed E-state index contributed by atoms with van der Waals surface area (Å²) >= 11 is 0. The molecule has 0 fully saturated rings. The van der Waals surface area contributed by atoms with Crippen LogP contribution >= 0.6 is 0 Å². The molecule has 2 heteroatoms. The number of rotatable bonds is 14. The van der Waals surface area contributed by atoms with Crippen molar-refractivity contribution in [3.8, 4) is 0 Å². The van der Waals surface area contributed by atoms with E-state index in [4.69, 9.17) is 0 Å². The maximum atomic E-state index is 3.53. The minimum Gasteiger partial charge on any atom is -0.383 e. The smallest absolute Gasteiger partial charge is 0.0366 e. The van der Waals surface area contributed by atoms with Gasteiger partial charge in [0.2, 0.25) is 0 Å². The Balaban J connectivity index is 1.70. The van der Waals surface area contributed by atoms with Crippen molar-refractivity contribution < 1.29 is 0 Å². The molecule has 26 heavy (non-hydrogen) atoms. The maximum absolute atomic E-state index is 3.53. The van der Waals surface area contributed by atoms with Crippen LogP contribution in [0.1, 0.15) is 58.3 Å². The number of anilines is 2. The molecule has 0 aliphatic rings. The van der Waals surface area contributed by atoms with Crippen LogP contribution in [0.3, 0.4) is 0 Å². The predicted octanol–water partition coefficient (Wildman–Crippen LogP) is 6.75. The predicted molar refractivity (Wildman–Crippen MR) is 116 cm³/mol. The highest BCUT2D eigenvalue weighted by atomic mass is 15.1. The average Bonchev–Trinajstić information content (AvgIpc) is 2.70. The molecule has 0 aliphatic carbocycles. The third-order valence-electron chi connectivity index (χ3n) is 4.89. The van der Waals surface area contributed by atoms with Gasteiger partial charge in [-0.25, -0.2) is 0 Å². The summed E-state index contributed by atoms with van der Waals surface area (Å²) in [6, 6.07) is 21.3. The van der Waals surface area contributed by atoms with E-state index in [2.05, 4.69) is 77.8 Å². The van der Waals surface area contributed by atoms with Crippen molar-refractivity contribution in [1.29, 1.82) is 0 Å². The van der Waals surface area contributed by atoms with Gasteiger partial charge < -0.3 is 10.2 Å². The van der Waals surface area contributed by atoms with Crippen molar-refractivity contribution in [1.82, 2.24) is 0 Å². The fraction of sp³-hybridized carbons (Fsp3) is 0.500. The van der Waals surface area contributed by atoms with Gasteiger partial charge in [0.1, 0.15) is 0 Å². The highest BCUT2D eigenvalue weighted by Crippen LogP contribution is 2.15. The van der Waals surface area contributed by atoms with E-state index in [1.165, 1.54) is 62.7 Å². The van der Waals surface area contributed by atoms with Crippen molar-refractivity contribution in [2.24, 2.45) is 0 Å². The summed E-state index contributed by atoms with van der Waals surface area (Å²) in [4.78, 5) is 2.52. The number of hydrogen-bond donors (Lipinski definition) is 1. The van der Waals surface area contributed by atoms with Crippen molar-refractivity contribution in [3.05, 3.63) is 60.7 Å². The fourth-order valence-electron chi connectivity index (χ4n) is 3.34. The van der Waals surface area contributed by atoms with Crippen LogP contribution in [0.5, 0.6) is 0 Å². The monoisotopic (exact) mass is 352 g/mol. The Labute approximate surface area is 160 Å². The van der Waals surface area contributed by atoms with Crippen LogP contribution in [0.15, 0.2) is 60.7 Å². The van der Waals surface area contributed by atoms with Gasteiger partial charge in [-0.1, -0.05) is 88.3 Å². The molecule has 0 spiro atoms. The first kappa shape index (κ1) is 20.4. The first-order valence-corrected chi connectivity index (χ1v) is 10.5. The number of nitrogens with one attached hydrogen (secondary N) is 1. The third kappa shape index (κ3) is 8.42. The lowest BCUT2D eigenvalue weighted by Crippen LogP contribution is -2.30. The average molecular weight is 353 g/mol. The van der Waals surface area contributed by atoms with Crippen LogP contribution < -0.4 is 10.2 Å². The first-order valence-electron chi connectivity index (χ1n) is 10.5. The zero-order chi connectivity index (χ0) is 18.3.